The van der Waals surface area contributed by atoms with Gasteiger partial charge in [-0.3, -0.25) is 4.79 Å². The molecule has 2 unspecified atom stereocenters. The first-order chi connectivity index (χ1) is 10.1. The number of rotatable bonds is 7. The SMILES string of the molecule is CC=Cc1ccccc1N(C(=O)C(Cl)CC)C(C)COC. The summed E-state index contributed by atoms with van der Waals surface area (Å²) in [5, 5.41) is -0.525. The summed E-state index contributed by atoms with van der Waals surface area (Å²) < 4.78 is 5.21. The molecule has 0 aliphatic carbocycles. The highest BCUT2D eigenvalue weighted by atomic mass is 35.5. The quantitative estimate of drug-likeness (QED) is 0.710. The van der Waals surface area contributed by atoms with Gasteiger partial charge in [-0.15, -0.1) is 11.6 Å². The second-order valence-corrected chi connectivity index (χ2v) is 5.47. The molecule has 116 valence electrons. The molecule has 1 aromatic rings. The van der Waals surface area contributed by atoms with Crippen molar-refractivity contribution >= 4 is 29.3 Å². The van der Waals surface area contributed by atoms with E-state index >= 15 is 0 Å². The van der Waals surface area contributed by atoms with E-state index in [0.717, 1.165) is 11.3 Å². The maximum Gasteiger partial charge on any atom is 0.245 e. The Kier molecular flexibility index (Phi) is 7.48. The molecule has 4 heteroatoms. The minimum Gasteiger partial charge on any atom is -0.383 e. The number of ether oxygens (including phenoxy) is 1. The Hall–Kier alpha value is -1.32. The number of methoxy groups -OCH3 is 1. The Morgan fingerprint density at radius 2 is 2.10 bits per heavy atom. The maximum atomic E-state index is 12.7. The van der Waals surface area contributed by atoms with Crippen LogP contribution >= 0.6 is 11.6 Å². The normalized spacial score (nSPS) is 14.1. The molecule has 1 rings (SSSR count). The molecule has 1 amide bonds. The van der Waals surface area contributed by atoms with E-state index in [2.05, 4.69) is 0 Å². The number of anilines is 1. The van der Waals surface area contributed by atoms with Crippen molar-refractivity contribution in [1.82, 2.24) is 0 Å². The second kappa shape index (κ2) is 8.85. The Bertz CT molecular complexity index is 487. The predicted octanol–water partition coefficient (Wildman–Crippen LogP) is 4.11. The first kappa shape index (κ1) is 17.7. The molecule has 0 aromatic heterocycles. The largest absolute Gasteiger partial charge is 0.383 e. The van der Waals surface area contributed by atoms with E-state index in [0.29, 0.717) is 13.0 Å². The predicted molar refractivity (Wildman–Crippen MR) is 89.9 cm³/mol. The van der Waals surface area contributed by atoms with Crippen LogP contribution in [0.3, 0.4) is 0 Å². The van der Waals surface area contributed by atoms with Gasteiger partial charge in [0.2, 0.25) is 5.91 Å². The highest BCUT2D eigenvalue weighted by Crippen LogP contribution is 2.26. The lowest BCUT2D eigenvalue weighted by atomic mass is 10.1. The van der Waals surface area contributed by atoms with Gasteiger partial charge in [-0.25, -0.2) is 0 Å². The molecule has 0 N–H and O–H groups in total. The van der Waals surface area contributed by atoms with E-state index in [1.54, 1.807) is 12.0 Å². The van der Waals surface area contributed by atoms with Crippen LogP contribution < -0.4 is 4.90 Å². The number of halogens is 1. The van der Waals surface area contributed by atoms with Crippen molar-refractivity contribution in [3.63, 3.8) is 0 Å². The molecule has 0 spiro atoms. The van der Waals surface area contributed by atoms with E-state index in [1.807, 2.05) is 57.2 Å². The summed E-state index contributed by atoms with van der Waals surface area (Å²) in [7, 11) is 1.63. The third-order valence-corrected chi connectivity index (χ3v) is 3.75. The molecule has 0 saturated heterocycles. The monoisotopic (exact) mass is 309 g/mol. The van der Waals surface area contributed by atoms with E-state index in [9.17, 15) is 4.79 Å². The topological polar surface area (TPSA) is 29.5 Å². The molecule has 0 aliphatic rings. The van der Waals surface area contributed by atoms with Crippen molar-refractivity contribution in [2.75, 3.05) is 18.6 Å². The molecule has 21 heavy (non-hydrogen) atoms. The van der Waals surface area contributed by atoms with Crippen molar-refractivity contribution in [3.8, 4) is 0 Å². The number of carbonyl (C=O) groups is 1. The number of hydrogen-bond donors (Lipinski definition) is 0. The van der Waals surface area contributed by atoms with Gasteiger partial charge in [0.15, 0.2) is 0 Å². The van der Waals surface area contributed by atoms with Gasteiger partial charge in [-0.05, 0) is 31.9 Å². The standard InChI is InChI=1S/C17H24ClNO2/c1-5-9-14-10-7-8-11-16(14)19(13(3)12-21-4)17(20)15(18)6-2/h5,7-11,13,15H,6,12H2,1-4H3. The number of hydrogen-bond acceptors (Lipinski definition) is 2. The number of allylic oxidation sites excluding steroid dienone is 1. The van der Waals surface area contributed by atoms with Gasteiger partial charge in [-0.1, -0.05) is 37.3 Å². The first-order valence-corrected chi connectivity index (χ1v) is 7.68. The van der Waals surface area contributed by atoms with Gasteiger partial charge >= 0.3 is 0 Å². The summed E-state index contributed by atoms with van der Waals surface area (Å²) in [5.41, 5.74) is 1.86. The fraction of sp³-hybridized carbons (Fsp3) is 0.471. The zero-order chi connectivity index (χ0) is 15.8. The van der Waals surface area contributed by atoms with Crippen LogP contribution in [0.25, 0.3) is 6.08 Å². The van der Waals surface area contributed by atoms with E-state index < -0.39 is 5.38 Å². The molecule has 3 nitrogen and oxygen atoms in total. The van der Waals surface area contributed by atoms with Crippen LogP contribution in [0.2, 0.25) is 0 Å². The first-order valence-electron chi connectivity index (χ1n) is 7.24. The fourth-order valence-corrected chi connectivity index (χ4v) is 2.35. The molecule has 0 radical (unpaired) electrons. The number of para-hydroxylation sites is 1. The molecule has 0 bridgehead atoms. The van der Waals surface area contributed by atoms with Crippen LogP contribution in [-0.2, 0) is 9.53 Å². The number of benzene rings is 1. The van der Waals surface area contributed by atoms with Crippen LogP contribution in [-0.4, -0.2) is 31.0 Å². The fourth-order valence-electron chi connectivity index (χ4n) is 2.24. The van der Waals surface area contributed by atoms with Gasteiger partial charge in [0, 0.05) is 7.11 Å². The number of carbonyl (C=O) groups excluding carboxylic acids is 1. The zero-order valence-electron chi connectivity index (χ0n) is 13.2. The Morgan fingerprint density at radius 1 is 1.43 bits per heavy atom. The summed E-state index contributed by atoms with van der Waals surface area (Å²) in [4.78, 5) is 14.4. The van der Waals surface area contributed by atoms with Gasteiger partial charge in [0.1, 0.15) is 5.38 Å². The van der Waals surface area contributed by atoms with Crippen LogP contribution in [0.4, 0.5) is 5.69 Å². The molecule has 0 fully saturated rings. The van der Waals surface area contributed by atoms with Crippen molar-refractivity contribution in [2.45, 2.75) is 38.6 Å². The molecule has 2 atom stereocenters. The van der Waals surface area contributed by atoms with Crippen molar-refractivity contribution < 1.29 is 9.53 Å². The average molecular weight is 310 g/mol. The third kappa shape index (κ3) is 4.58. The Morgan fingerprint density at radius 3 is 2.67 bits per heavy atom. The molecule has 1 aromatic carbocycles. The number of nitrogens with zero attached hydrogens (tertiary/aromatic N) is 1. The third-order valence-electron chi connectivity index (χ3n) is 3.25. The lowest BCUT2D eigenvalue weighted by molar-refractivity contribution is -0.119. The molecule has 0 heterocycles. The highest BCUT2D eigenvalue weighted by molar-refractivity contribution is 6.33. The van der Waals surface area contributed by atoms with Crippen LogP contribution in [0.5, 0.6) is 0 Å². The van der Waals surface area contributed by atoms with Crippen LogP contribution in [0, 0.1) is 0 Å². The number of amides is 1. The molecular formula is C17H24ClNO2. The van der Waals surface area contributed by atoms with Crippen molar-refractivity contribution in [2.24, 2.45) is 0 Å². The van der Waals surface area contributed by atoms with E-state index in [1.165, 1.54) is 0 Å². The van der Waals surface area contributed by atoms with Gasteiger partial charge in [0.05, 0.1) is 18.3 Å². The Labute approximate surface area is 132 Å². The Balaban J connectivity index is 3.27. The molecule has 0 aliphatic heterocycles. The van der Waals surface area contributed by atoms with Crippen molar-refractivity contribution in [3.05, 3.63) is 35.9 Å². The van der Waals surface area contributed by atoms with E-state index in [-0.39, 0.29) is 11.9 Å². The van der Waals surface area contributed by atoms with Crippen LogP contribution in [0.1, 0.15) is 32.8 Å². The summed E-state index contributed by atoms with van der Waals surface area (Å²) in [6, 6.07) is 7.74. The van der Waals surface area contributed by atoms with Crippen molar-refractivity contribution in [1.29, 1.82) is 0 Å². The smallest absolute Gasteiger partial charge is 0.245 e. The minimum atomic E-state index is -0.525. The highest BCUT2D eigenvalue weighted by Gasteiger charge is 2.27. The lowest BCUT2D eigenvalue weighted by Gasteiger charge is -2.31. The van der Waals surface area contributed by atoms with Gasteiger partial charge < -0.3 is 9.64 Å². The zero-order valence-corrected chi connectivity index (χ0v) is 13.9. The summed E-state index contributed by atoms with van der Waals surface area (Å²) >= 11 is 6.18. The lowest BCUT2D eigenvalue weighted by Crippen LogP contribution is -2.45. The summed E-state index contributed by atoms with van der Waals surface area (Å²) in [6.45, 7) is 6.29. The van der Waals surface area contributed by atoms with Gasteiger partial charge in [0.25, 0.3) is 0 Å². The van der Waals surface area contributed by atoms with Crippen LogP contribution in [0.15, 0.2) is 30.3 Å². The summed E-state index contributed by atoms with van der Waals surface area (Å²) in [6.07, 6.45) is 4.55. The summed E-state index contributed by atoms with van der Waals surface area (Å²) in [5.74, 6) is -0.0827. The molecular weight excluding hydrogens is 286 g/mol. The minimum absolute atomic E-state index is 0.0818. The second-order valence-electron chi connectivity index (χ2n) is 4.95. The average Bonchev–Trinajstić information content (AvgIpc) is 2.48. The van der Waals surface area contributed by atoms with E-state index in [4.69, 9.17) is 16.3 Å². The number of alkyl halides is 1. The van der Waals surface area contributed by atoms with Gasteiger partial charge in [-0.2, -0.15) is 0 Å². The molecule has 0 saturated carbocycles. The maximum absolute atomic E-state index is 12.7.